The van der Waals surface area contributed by atoms with Crippen LogP contribution in [0.15, 0.2) is 24.3 Å². The Hall–Kier alpha value is -1.45. The molecule has 2 aliphatic rings. The number of rotatable bonds is 0. The van der Waals surface area contributed by atoms with E-state index in [-0.39, 0.29) is 5.91 Å². The monoisotopic (exact) mass is 288 g/mol. The van der Waals surface area contributed by atoms with E-state index in [0.717, 1.165) is 37.2 Å². The van der Waals surface area contributed by atoms with E-state index in [0.29, 0.717) is 6.04 Å². The lowest BCUT2D eigenvalue weighted by Crippen LogP contribution is -2.36. The zero-order valence-electron chi connectivity index (χ0n) is 14.1. The fourth-order valence-electron chi connectivity index (χ4n) is 2.52. The van der Waals surface area contributed by atoms with Crippen LogP contribution in [0.3, 0.4) is 0 Å². The molecule has 1 atom stereocenters. The maximum absolute atomic E-state index is 12.2. The average molecular weight is 288 g/mol. The number of fused-ring (bicyclic) bond motifs is 2. The predicted octanol–water partition coefficient (Wildman–Crippen LogP) is 3.97. The maximum Gasteiger partial charge on any atom is 0.256 e. The van der Waals surface area contributed by atoms with Gasteiger partial charge in [-0.3, -0.25) is 4.79 Å². The number of hydrogen-bond donors (Lipinski definition) is 1. The van der Waals surface area contributed by atoms with Crippen LogP contribution < -0.4 is 5.32 Å². The van der Waals surface area contributed by atoms with Crippen molar-refractivity contribution in [3.8, 4) is 0 Å². The van der Waals surface area contributed by atoms with Gasteiger partial charge in [0.2, 0.25) is 0 Å². The van der Waals surface area contributed by atoms with Crippen LogP contribution in [0.5, 0.6) is 0 Å². The zero-order valence-corrected chi connectivity index (χ0v) is 14.1. The molecule has 2 radical (unpaired) electrons. The number of nitrogens with zero attached hydrogens (tertiary/aromatic N) is 1. The van der Waals surface area contributed by atoms with Crippen molar-refractivity contribution in [1.82, 2.24) is 4.90 Å². The van der Waals surface area contributed by atoms with Gasteiger partial charge < -0.3 is 10.2 Å². The second-order valence-corrected chi connectivity index (χ2v) is 4.22. The third-order valence-corrected chi connectivity index (χ3v) is 3.32. The lowest BCUT2D eigenvalue weighted by atomic mass is 10.1. The molecule has 1 amide bonds. The van der Waals surface area contributed by atoms with E-state index < -0.39 is 0 Å². The first-order valence-corrected chi connectivity index (χ1v) is 8.08. The van der Waals surface area contributed by atoms with Crippen LogP contribution in [0.25, 0.3) is 0 Å². The largest absolute Gasteiger partial charge is 0.382 e. The van der Waals surface area contributed by atoms with Gasteiger partial charge in [0.05, 0.1) is 13.4 Å². The number of para-hydroxylation sites is 1. The van der Waals surface area contributed by atoms with E-state index in [1.807, 2.05) is 56.9 Å². The van der Waals surface area contributed by atoms with Gasteiger partial charge in [0.15, 0.2) is 0 Å². The van der Waals surface area contributed by atoms with E-state index in [2.05, 4.69) is 13.2 Å². The molecule has 1 saturated heterocycles. The average Bonchev–Trinajstić information content (AvgIpc) is 3.02. The molecule has 0 aliphatic carbocycles. The summed E-state index contributed by atoms with van der Waals surface area (Å²) in [6, 6.07) is 8.18. The van der Waals surface area contributed by atoms with Crippen LogP contribution in [0.4, 0.5) is 5.69 Å². The van der Waals surface area contributed by atoms with Gasteiger partial charge in [0.1, 0.15) is 0 Å². The first-order valence-electron chi connectivity index (χ1n) is 8.08. The van der Waals surface area contributed by atoms with Crippen molar-refractivity contribution in [2.75, 3.05) is 18.4 Å². The van der Waals surface area contributed by atoms with Gasteiger partial charge in [0.25, 0.3) is 5.91 Å². The van der Waals surface area contributed by atoms with Gasteiger partial charge in [0, 0.05) is 24.8 Å². The first kappa shape index (κ1) is 19.6. The van der Waals surface area contributed by atoms with Crippen molar-refractivity contribution in [2.45, 2.75) is 53.4 Å². The van der Waals surface area contributed by atoms with Crippen molar-refractivity contribution < 1.29 is 4.79 Å². The molecule has 21 heavy (non-hydrogen) atoms. The van der Waals surface area contributed by atoms with E-state index >= 15 is 0 Å². The summed E-state index contributed by atoms with van der Waals surface area (Å²) >= 11 is 0. The summed E-state index contributed by atoms with van der Waals surface area (Å²) in [6.07, 6.45) is 2.27. The first-order chi connectivity index (χ1) is 10.4. The van der Waals surface area contributed by atoms with Gasteiger partial charge in [-0.05, 0) is 25.0 Å². The third-order valence-electron chi connectivity index (χ3n) is 3.32. The number of carbonyl (C=O) groups excluding carboxylic acids is 1. The molecule has 2 heterocycles. The molecule has 1 aromatic carbocycles. The molecule has 0 bridgehead atoms. The van der Waals surface area contributed by atoms with Crippen molar-refractivity contribution in [3.63, 3.8) is 0 Å². The Morgan fingerprint density at radius 3 is 2.43 bits per heavy atom. The Bertz CT molecular complexity index is 410. The molecule has 1 unspecified atom stereocenters. The highest BCUT2D eigenvalue weighted by Gasteiger charge is 2.32. The van der Waals surface area contributed by atoms with Crippen molar-refractivity contribution in [3.05, 3.63) is 29.8 Å². The van der Waals surface area contributed by atoms with E-state index in [1.54, 1.807) is 0 Å². The summed E-state index contributed by atoms with van der Waals surface area (Å²) in [5.41, 5.74) is 1.80. The van der Waals surface area contributed by atoms with Crippen LogP contribution >= 0.6 is 0 Å². The fourth-order valence-corrected chi connectivity index (χ4v) is 2.52. The molecule has 4 heteroatoms. The quantitative estimate of drug-likeness (QED) is 0.732. The van der Waals surface area contributed by atoms with Crippen molar-refractivity contribution in [1.29, 1.82) is 0 Å². The van der Waals surface area contributed by atoms with Gasteiger partial charge >= 0.3 is 0 Å². The third kappa shape index (κ3) is 4.80. The Balaban J connectivity index is 0.000000598. The van der Waals surface area contributed by atoms with Gasteiger partial charge in [-0.2, -0.15) is 0 Å². The molecule has 0 aromatic heterocycles. The molecular weight excluding hydrogens is 259 g/mol. The van der Waals surface area contributed by atoms with Crippen LogP contribution in [0, 0.1) is 0 Å². The maximum atomic E-state index is 12.2. The standard InChI is InChI=1S/C12H14N2O.2C2H6.CH3B/c15-12-10-5-1-2-6-11(10)13-8-9-4-3-7-14(9)12;3*1-2/h1-2,5-6,9,13H,3-4,7-8H2;2*1-2H3;1H3. The summed E-state index contributed by atoms with van der Waals surface area (Å²) in [5, 5.41) is 3.36. The highest BCUT2D eigenvalue weighted by Crippen LogP contribution is 2.27. The molecule has 1 aromatic rings. The highest BCUT2D eigenvalue weighted by molar-refractivity contribution is 6.05. The Kier molecular flexibility index (Phi) is 10.5. The molecule has 0 saturated carbocycles. The van der Waals surface area contributed by atoms with Gasteiger partial charge in [-0.1, -0.05) is 46.7 Å². The van der Waals surface area contributed by atoms with E-state index in [4.69, 9.17) is 0 Å². The second kappa shape index (κ2) is 11.2. The predicted molar refractivity (Wildman–Crippen MR) is 93.3 cm³/mol. The van der Waals surface area contributed by atoms with Gasteiger partial charge in [-0.15, -0.1) is 0 Å². The van der Waals surface area contributed by atoms with Gasteiger partial charge in [-0.25, -0.2) is 0 Å². The molecule has 116 valence electrons. The van der Waals surface area contributed by atoms with Crippen LogP contribution in [-0.4, -0.2) is 37.8 Å². The van der Waals surface area contributed by atoms with E-state index in [9.17, 15) is 4.79 Å². The molecule has 2 aliphatic heterocycles. The molecule has 1 fully saturated rings. The van der Waals surface area contributed by atoms with Crippen molar-refractivity contribution >= 4 is 19.4 Å². The Labute approximate surface area is 131 Å². The van der Waals surface area contributed by atoms with Crippen molar-refractivity contribution in [2.24, 2.45) is 0 Å². The summed E-state index contributed by atoms with van der Waals surface area (Å²) < 4.78 is 0. The zero-order chi connectivity index (χ0) is 16.3. The Morgan fingerprint density at radius 2 is 1.76 bits per heavy atom. The lowest BCUT2D eigenvalue weighted by Gasteiger charge is -2.21. The molecular formula is C17H29BN2O. The topological polar surface area (TPSA) is 32.3 Å². The second-order valence-electron chi connectivity index (χ2n) is 4.22. The number of anilines is 1. The minimum absolute atomic E-state index is 0.193. The molecule has 0 spiro atoms. The summed E-state index contributed by atoms with van der Waals surface area (Å²) in [6.45, 7) is 11.3. The normalized spacial score (nSPS) is 18.0. The SMILES string of the molecule is CC.CC.O=C1c2ccccc2NCC2CCCN12.[B]C. The number of hydrogen-bond acceptors (Lipinski definition) is 2. The summed E-state index contributed by atoms with van der Waals surface area (Å²) in [4.78, 5) is 14.2. The molecule has 3 nitrogen and oxygen atoms in total. The molecule has 1 N–H and O–H groups in total. The summed E-state index contributed by atoms with van der Waals surface area (Å²) in [5.74, 6) is 0.193. The van der Waals surface area contributed by atoms with Crippen LogP contribution in [-0.2, 0) is 0 Å². The number of carbonyl (C=O) groups is 1. The fraction of sp³-hybridized carbons (Fsp3) is 0.588. The summed E-state index contributed by atoms with van der Waals surface area (Å²) in [7, 11) is 4.50. The number of benzene rings is 1. The molecule has 3 rings (SSSR count). The Morgan fingerprint density at radius 1 is 1.14 bits per heavy atom. The lowest BCUT2D eigenvalue weighted by molar-refractivity contribution is 0.0750. The number of nitrogens with one attached hydrogen (secondary N) is 1. The van der Waals surface area contributed by atoms with Crippen LogP contribution in [0.2, 0.25) is 6.82 Å². The number of amides is 1. The highest BCUT2D eigenvalue weighted by atomic mass is 16.2. The van der Waals surface area contributed by atoms with Crippen LogP contribution in [0.1, 0.15) is 50.9 Å². The minimum atomic E-state index is 0.193. The van der Waals surface area contributed by atoms with E-state index in [1.165, 1.54) is 6.82 Å². The minimum Gasteiger partial charge on any atom is -0.382 e. The smallest absolute Gasteiger partial charge is 0.256 e.